The fourth-order valence-corrected chi connectivity index (χ4v) is 3.05. The maximum absolute atomic E-state index is 12.2. The number of aryl methyl sites for hydroxylation is 1. The van der Waals surface area contributed by atoms with Gasteiger partial charge < -0.3 is 14.4 Å². The van der Waals surface area contributed by atoms with Crippen LogP contribution >= 0.6 is 11.6 Å². The summed E-state index contributed by atoms with van der Waals surface area (Å²) in [5, 5.41) is 0.394. The highest BCUT2D eigenvalue weighted by Gasteiger charge is 2.21. The molecule has 0 saturated carbocycles. The summed E-state index contributed by atoms with van der Waals surface area (Å²) in [6, 6.07) is 11.9. The molecule has 2 aromatic carbocycles. The fourth-order valence-electron chi connectivity index (χ4n) is 2.88. The van der Waals surface area contributed by atoms with E-state index in [1.807, 2.05) is 13.0 Å². The van der Waals surface area contributed by atoms with E-state index in [-0.39, 0.29) is 24.9 Å². The Hall–Kier alpha value is -2.86. The number of hydrogen-bond acceptors (Lipinski definition) is 5. The number of hydrogen-bond donors (Lipinski definition) is 0. The van der Waals surface area contributed by atoms with E-state index in [4.69, 9.17) is 21.1 Å². The van der Waals surface area contributed by atoms with Crippen molar-refractivity contribution in [3.05, 3.63) is 58.6 Å². The lowest BCUT2D eigenvalue weighted by Crippen LogP contribution is -2.23. The maximum Gasteiger partial charge on any atom is 0.344 e. The van der Waals surface area contributed by atoms with Gasteiger partial charge in [0.25, 0.3) is 0 Å². The third-order valence-electron chi connectivity index (χ3n) is 4.37. The number of ketones is 1. The van der Waals surface area contributed by atoms with Crippen LogP contribution in [0.3, 0.4) is 0 Å². The predicted molar refractivity (Wildman–Crippen MR) is 105 cm³/mol. The number of halogens is 1. The van der Waals surface area contributed by atoms with Gasteiger partial charge in [-0.25, -0.2) is 4.79 Å². The molecule has 3 rings (SSSR count). The molecule has 0 radical (unpaired) electrons. The van der Waals surface area contributed by atoms with Gasteiger partial charge in [-0.2, -0.15) is 0 Å². The van der Waals surface area contributed by atoms with Gasteiger partial charge in [0.05, 0.1) is 5.02 Å². The Labute approximate surface area is 168 Å². The first kappa shape index (κ1) is 19.9. The molecule has 0 bridgehead atoms. The molecule has 1 amide bonds. The molecule has 0 atom stereocenters. The second kappa shape index (κ2) is 8.89. The molecule has 1 saturated heterocycles. The van der Waals surface area contributed by atoms with Crippen molar-refractivity contribution >= 4 is 34.9 Å². The van der Waals surface area contributed by atoms with Crippen molar-refractivity contribution in [1.82, 2.24) is 0 Å². The molecule has 6 nitrogen and oxygen atoms in total. The fraction of sp³-hybridized carbons (Fsp3) is 0.286. The first-order valence-corrected chi connectivity index (χ1v) is 9.30. The average Bonchev–Trinajstić information content (AvgIpc) is 3.12. The standard InChI is InChI=1S/C21H20ClNO5/c1-14-4-9-17(22)19(11-14)27-13-21(26)28-12-18(24)15-5-7-16(8-6-15)23-10-2-3-20(23)25/h4-9,11H,2-3,10,12-13H2,1H3. The van der Waals surface area contributed by atoms with Gasteiger partial charge in [-0.1, -0.05) is 17.7 Å². The number of carbonyl (C=O) groups excluding carboxylic acids is 3. The molecular weight excluding hydrogens is 382 g/mol. The Balaban J connectivity index is 1.48. The van der Waals surface area contributed by atoms with Crippen LogP contribution in [0.2, 0.25) is 5.02 Å². The Morgan fingerprint density at radius 1 is 1.11 bits per heavy atom. The van der Waals surface area contributed by atoms with Gasteiger partial charge in [0.2, 0.25) is 5.91 Å². The minimum atomic E-state index is -0.662. The summed E-state index contributed by atoms with van der Waals surface area (Å²) in [5.41, 5.74) is 2.12. The topological polar surface area (TPSA) is 72.9 Å². The van der Waals surface area contributed by atoms with Gasteiger partial charge in [-0.05, 0) is 55.3 Å². The molecule has 1 aliphatic rings. The summed E-state index contributed by atoms with van der Waals surface area (Å²) in [6.07, 6.45) is 1.39. The third kappa shape index (κ3) is 4.89. The minimum Gasteiger partial charge on any atom is -0.480 e. The number of carbonyl (C=O) groups is 3. The van der Waals surface area contributed by atoms with Crippen molar-refractivity contribution < 1.29 is 23.9 Å². The summed E-state index contributed by atoms with van der Waals surface area (Å²) in [6.45, 7) is 1.85. The molecule has 0 unspecified atom stereocenters. The number of esters is 1. The number of nitrogens with zero attached hydrogens (tertiary/aromatic N) is 1. The van der Waals surface area contributed by atoms with Crippen molar-refractivity contribution in [2.45, 2.75) is 19.8 Å². The van der Waals surface area contributed by atoms with Crippen LogP contribution in [0.1, 0.15) is 28.8 Å². The SMILES string of the molecule is Cc1ccc(Cl)c(OCC(=O)OCC(=O)c2ccc(N3CCCC3=O)cc2)c1. The zero-order valence-corrected chi connectivity index (χ0v) is 16.2. The number of Topliss-reactive ketones (excluding diaryl/α,β-unsaturated/α-hetero) is 1. The quantitative estimate of drug-likeness (QED) is 0.523. The average molecular weight is 402 g/mol. The molecule has 28 heavy (non-hydrogen) atoms. The van der Waals surface area contributed by atoms with E-state index >= 15 is 0 Å². The monoisotopic (exact) mass is 401 g/mol. The van der Waals surface area contributed by atoms with Crippen LogP contribution in [0, 0.1) is 6.92 Å². The van der Waals surface area contributed by atoms with Gasteiger partial charge >= 0.3 is 5.97 Å². The smallest absolute Gasteiger partial charge is 0.344 e. The molecule has 7 heteroatoms. The van der Waals surface area contributed by atoms with E-state index in [0.29, 0.717) is 29.3 Å². The zero-order chi connectivity index (χ0) is 20.1. The van der Waals surface area contributed by atoms with E-state index in [2.05, 4.69) is 0 Å². The largest absolute Gasteiger partial charge is 0.480 e. The van der Waals surface area contributed by atoms with Crippen molar-refractivity contribution in [2.75, 3.05) is 24.7 Å². The normalized spacial score (nSPS) is 13.5. The highest BCUT2D eigenvalue weighted by Crippen LogP contribution is 2.25. The van der Waals surface area contributed by atoms with Crippen LogP contribution in [-0.4, -0.2) is 37.4 Å². The van der Waals surface area contributed by atoms with Gasteiger partial charge in [-0.15, -0.1) is 0 Å². The molecule has 1 aliphatic heterocycles. The van der Waals surface area contributed by atoms with E-state index in [1.54, 1.807) is 41.3 Å². The Morgan fingerprint density at radius 3 is 2.54 bits per heavy atom. The summed E-state index contributed by atoms with van der Waals surface area (Å²) in [4.78, 5) is 37.5. The molecule has 0 aliphatic carbocycles. The molecule has 0 spiro atoms. The first-order valence-electron chi connectivity index (χ1n) is 8.92. The third-order valence-corrected chi connectivity index (χ3v) is 4.68. The highest BCUT2D eigenvalue weighted by atomic mass is 35.5. The van der Waals surface area contributed by atoms with Crippen molar-refractivity contribution in [3.63, 3.8) is 0 Å². The van der Waals surface area contributed by atoms with Crippen molar-refractivity contribution in [1.29, 1.82) is 0 Å². The highest BCUT2D eigenvalue weighted by molar-refractivity contribution is 6.32. The maximum atomic E-state index is 12.2. The van der Waals surface area contributed by atoms with Crippen LogP contribution in [0.5, 0.6) is 5.75 Å². The molecule has 1 fully saturated rings. The number of amides is 1. The van der Waals surface area contributed by atoms with Gasteiger partial charge in [0.15, 0.2) is 19.0 Å². The summed E-state index contributed by atoms with van der Waals surface area (Å²) in [7, 11) is 0. The second-order valence-corrected chi connectivity index (χ2v) is 6.91. The van der Waals surface area contributed by atoms with Crippen LogP contribution in [0.15, 0.2) is 42.5 Å². The van der Waals surface area contributed by atoms with E-state index in [1.165, 1.54) is 0 Å². The zero-order valence-electron chi connectivity index (χ0n) is 15.4. The number of ether oxygens (including phenoxy) is 2. The Morgan fingerprint density at radius 2 is 1.86 bits per heavy atom. The second-order valence-electron chi connectivity index (χ2n) is 6.50. The van der Waals surface area contributed by atoms with E-state index in [0.717, 1.165) is 17.7 Å². The van der Waals surface area contributed by atoms with Gasteiger partial charge in [0.1, 0.15) is 5.75 Å². The van der Waals surface area contributed by atoms with Crippen LogP contribution in [0.4, 0.5) is 5.69 Å². The summed E-state index contributed by atoms with van der Waals surface area (Å²) in [5.74, 6) is -0.523. The van der Waals surface area contributed by atoms with Gasteiger partial charge in [-0.3, -0.25) is 9.59 Å². The molecule has 146 valence electrons. The van der Waals surface area contributed by atoms with Crippen molar-refractivity contribution in [2.24, 2.45) is 0 Å². The lowest BCUT2D eigenvalue weighted by atomic mass is 10.1. The van der Waals surface area contributed by atoms with Crippen LogP contribution in [0.25, 0.3) is 0 Å². The minimum absolute atomic E-state index is 0.0849. The Bertz CT molecular complexity index is 894. The van der Waals surface area contributed by atoms with Crippen LogP contribution in [-0.2, 0) is 14.3 Å². The predicted octanol–water partition coefficient (Wildman–Crippen LogP) is 3.58. The lowest BCUT2D eigenvalue weighted by molar-refractivity contribution is -0.144. The van der Waals surface area contributed by atoms with Crippen molar-refractivity contribution in [3.8, 4) is 5.75 Å². The van der Waals surface area contributed by atoms with E-state index in [9.17, 15) is 14.4 Å². The lowest BCUT2D eigenvalue weighted by Gasteiger charge is -2.15. The molecule has 0 N–H and O–H groups in total. The molecule has 0 aromatic heterocycles. The summed E-state index contributed by atoms with van der Waals surface area (Å²) < 4.78 is 10.3. The van der Waals surface area contributed by atoms with Gasteiger partial charge in [0, 0.05) is 24.2 Å². The van der Waals surface area contributed by atoms with E-state index < -0.39 is 5.97 Å². The Kier molecular flexibility index (Phi) is 6.31. The molecular formula is C21H20ClNO5. The molecule has 1 heterocycles. The molecule has 2 aromatic rings. The first-order chi connectivity index (χ1) is 13.4. The number of benzene rings is 2. The summed E-state index contributed by atoms with van der Waals surface area (Å²) >= 11 is 6.00. The van der Waals surface area contributed by atoms with Crippen LogP contribution < -0.4 is 9.64 Å². The number of anilines is 1. The number of rotatable bonds is 7.